The van der Waals surface area contributed by atoms with Gasteiger partial charge >= 0.3 is 68.9 Å². The zero-order valence-corrected chi connectivity index (χ0v) is 8.43. The second kappa shape index (κ2) is 5.52. The van der Waals surface area contributed by atoms with Crippen LogP contribution in [0.3, 0.4) is 0 Å². The van der Waals surface area contributed by atoms with Crippen LogP contribution in [0.2, 0.25) is 0 Å². The molecule has 46 valence electrons. The molecule has 0 unspecified atom stereocenters. The summed E-state index contributed by atoms with van der Waals surface area (Å²) in [5, 5.41) is 0. The third-order valence-electron chi connectivity index (χ3n) is 0.589. The van der Waals surface area contributed by atoms with Crippen molar-refractivity contribution in [2.24, 2.45) is 5.73 Å². The third-order valence-corrected chi connectivity index (χ3v) is 4.86. The van der Waals surface area contributed by atoms with E-state index in [9.17, 15) is 0 Å². The molecular weight excluding hydrogens is 318 g/mol. The number of hydrogen-bond acceptors (Lipinski definition) is 2. The number of nitrogens with two attached hydrogens (primary N) is 1. The number of halogens is 2. The zero-order chi connectivity index (χ0) is 5.70. The Balaban J connectivity index is 2.99. The van der Waals surface area contributed by atoms with Crippen molar-refractivity contribution in [2.75, 3.05) is 11.5 Å². The Bertz CT molecular complexity index is 32.4. The van der Waals surface area contributed by atoms with Crippen LogP contribution in [0.25, 0.3) is 0 Å². The molecule has 0 aliphatic rings. The van der Waals surface area contributed by atoms with Crippen LogP contribution in [0.5, 0.6) is 0 Å². The summed E-state index contributed by atoms with van der Waals surface area (Å²) in [6.07, 6.45) is 0. The van der Waals surface area contributed by atoms with Crippen LogP contribution in [-0.2, 0) is 0 Å². The molecule has 0 bridgehead atoms. The van der Waals surface area contributed by atoms with Gasteiger partial charge in [-0.2, -0.15) is 0 Å². The predicted octanol–water partition coefficient (Wildman–Crippen LogP) is -3.07. The molecule has 1 atom stereocenters. The fraction of sp³-hybridized carbons (Fsp3) is 1.00. The molecule has 0 spiro atoms. The molecule has 0 aliphatic heterocycles. The molecule has 0 aromatic carbocycles. The summed E-state index contributed by atoms with van der Waals surface area (Å²) >= 11 is 2.44. The van der Waals surface area contributed by atoms with Gasteiger partial charge < -0.3 is 0 Å². The van der Waals surface area contributed by atoms with E-state index in [-0.39, 0.29) is 0 Å². The van der Waals surface area contributed by atoms with E-state index in [0.29, 0.717) is 25.3 Å². The molecule has 0 saturated carbocycles. The molecule has 2 nitrogen and oxygen atoms in total. The fourth-order valence-corrected chi connectivity index (χ4v) is 2.75. The van der Waals surface area contributed by atoms with Gasteiger partial charge in [0.25, 0.3) is 0 Å². The summed E-state index contributed by atoms with van der Waals surface area (Å²) in [7, 11) is 0. The van der Waals surface area contributed by atoms with Gasteiger partial charge in [-0.1, -0.05) is 0 Å². The van der Waals surface area contributed by atoms with Gasteiger partial charge in [0.2, 0.25) is 0 Å². The van der Waals surface area contributed by atoms with Crippen LogP contribution in [0.15, 0.2) is 0 Å². The third kappa shape index (κ3) is 3.92. The first-order chi connectivity index (χ1) is 3.35. The Morgan fingerprint density at radius 2 is 2.57 bits per heavy atom. The van der Waals surface area contributed by atoms with Gasteiger partial charge in [0, 0.05) is 0 Å². The van der Waals surface area contributed by atoms with Crippen molar-refractivity contribution >= 4 is 22.9 Å². The van der Waals surface area contributed by atoms with Crippen LogP contribution in [0, 0.1) is 0 Å². The van der Waals surface area contributed by atoms with E-state index in [1.165, 1.54) is 0 Å². The molecule has 0 fully saturated rings. The van der Waals surface area contributed by atoms with Crippen molar-refractivity contribution in [1.29, 1.82) is 0 Å². The molecule has 0 heterocycles. The minimum atomic E-state index is 0.298. The van der Waals surface area contributed by atoms with Crippen LogP contribution >= 0.6 is 22.9 Å². The maximum absolute atomic E-state index is 5.35. The molecule has 0 rings (SSSR count). The number of hydrogen-bond donors (Lipinski definition) is 2. The van der Waals surface area contributed by atoms with Crippen LogP contribution in [-0.4, -0.2) is 15.5 Å². The van der Waals surface area contributed by atoms with E-state index < -0.39 is 0 Å². The quantitative estimate of drug-likeness (QED) is 0.250. The van der Waals surface area contributed by atoms with Gasteiger partial charge in [0.05, 0.1) is 0 Å². The molecule has 0 radical (unpaired) electrons. The molecule has 4 heteroatoms. The van der Waals surface area contributed by atoms with Gasteiger partial charge in [0.15, 0.2) is 0 Å². The van der Waals surface area contributed by atoms with Gasteiger partial charge in [-0.15, -0.1) is 0 Å². The van der Waals surface area contributed by atoms with Gasteiger partial charge in [-0.25, -0.2) is 0 Å². The second-order valence-corrected chi connectivity index (χ2v) is 4.40. The van der Waals surface area contributed by atoms with Crippen molar-refractivity contribution in [2.45, 2.75) is 4.05 Å². The molecular formula is C3H9I2N2-. The van der Waals surface area contributed by atoms with E-state index in [0.717, 1.165) is 6.54 Å². The average Bonchev–Trinajstić information content (AvgIpc) is 1.72. The van der Waals surface area contributed by atoms with Crippen molar-refractivity contribution in [3.63, 3.8) is 0 Å². The van der Waals surface area contributed by atoms with Crippen LogP contribution in [0.4, 0.5) is 0 Å². The topological polar surface area (TPSA) is 38.0 Å². The zero-order valence-electron chi connectivity index (χ0n) is 4.12. The van der Waals surface area contributed by atoms with Crippen LogP contribution in [0.1, 0.15) is 0 Å². The summed E-state index contributed by atoms with van der Waals surface area (Å²) in [6.45, 7) is 0.784. The number of alkyl halides is 2. The Kier molecular flexibility index (Phi) is 6.60. The monoisotopic (exact) mass is 327 g/mol. The van der Waals surface area contributed by atoms with Crippen molar-refractivity contribution in [3.05, 3.63) is 0 Å². The van der Waals surface area contributed by atoms with Crippen molar-refractivity contribution in [3.8, 4) is 0 Å². The van der Waals surface area contributed by atoms with Crippen molar-refractivity contribution < 1.29 is 21.2 Å². The molecule has 3 N–H and O–H groups in total. The molecule has 0 amide bonds. The minimum absolute atomic E-state index is 0.298. The fourth-order valence-electron chi connectivity index (χ4n) is 0.175. The first-order valence-electron chi connectivity index (χ1n) is 1.89. The molecule has 7 heavy (non-hydrogen) atoms. The first-order valence-corrected chi connectivity index (χ1v) is 6.37. The Morgan fingerprint density at radius 1 is 2.00 bits per heavy atom. The van der Waals surface area contributed by atoms with Gasteiger partial charge in [-0.05, 0) is 0 Å². The van der Waals surface area contributed by atoms with Crippen molar-refractivity contribution in [1.82, 2.24) is 3.53 Å². The summed E-state index contributed by atoms with van der Waals surface area (Å²) in [5.74, 6) is 0. The first kappa shape index (κ1) is 8.38. The van der Waals surface area contributed by atoms with Gasteiger partial charge in [-0.3, -0.25) is 0 Å². The second-order valence-electron chi connectivity index (χ2n) is 1.03. The Morgan fingerprint density at radius 3 is 2.57 bits per heavy atom. The summed E-state index contributed by atoms with van der Waals surface area (Å²) < 4.78 is 3.71. The van der Waals surface area contributed by atoms with E-state index in [4.69, 9.17) is 5.73 Å². The van der Waals surface area contributed by atoms with Gasteiger partial charge in [0.1, 0.15) is 0 Å². The van der Waals surface area contributed by atoms with E-state index in [1.807, 2.05) is 0 Å². The average molecular weight is 327 g/mol. The van der Waals surface area contributed by atoms with Crippen LogP contribution < -0.4 is 30.5 Å². The van der Waals surface area contributed by atoms with E-state index in [1.54, 1.807) is 0 Å². The number of nitrogens with one attached hydrogen (secondary N) is 1. The summed E-state index contributed by atoms with van der Waals surface area (Å²) in [5.41, 5.74) is 5.35. The maximum atomic E-state index is 5.35. The summed E-state index contributed by atoms with van der Waals surface area (Å²) in [6, 6.07) is 0. The standard InChI is InChI=1S/C3H9I2N2/c1-5-3(2-6)7-4/h3,7H,2,6H2,1H3/q-1/t3-/m0/s1. The molecule has 0 aliphatic carbocycles. The Hall–Kier alpha value is 1.38. The summed E-state index contributed by atoms with van der Waals surface area (Å²) in [4.78, 5) is 2.22. The molecule has 0 aromatic heterocycles. The van der Waals surface area contributed by atoms with E-state index in [2.05, 4.69) is 31.3 Å². The SMILES string of the molecule is C[I-][C@H](CN)NI. The molecule has 0 aromatic rings. The molecule has 0 saturated heterocycles. The van der Waals surface area contributed by atoms with E-state index >= 15 is 0 Å². The predicted molar refractivity (Wildman–Crippen MR) is 35.9 cm³/mol. The number of rotatable bonds is 3. The Labute approximate surface area is 68.4 Å². The normalized spacial score (nSPS) is 14.7.